The van der Waals surface area contributed by atoms with Crippen molar-refractivity contribution in [3.8, 4) is 0 Å². The minimum absolute atomic E-state index is 0.0402. The van der Waals surface area contributed by atoms with Gasteiger partial charge in [0.05, 0.1) is 17.6 Å². The summed E-state index contributed by atoms with van der Waals surface area (Å²) in [5, 5.41) is 9.56. The molecule has 1 N–H and O–H groups in total. The smallest absolute Gasteiger partial charge is 0.297 e. The first-order valence-electron chi connectivity index (χ1n) is 7.82. The molecular weight excluding hydrogens is 336 g/mol. The fourth-order valence-electron chi connectivity index (χ4n) is 2.91. The number of aliphatic hydroxyl groups is 1. The molecule has 2 aliphatic heterocycles. The normalized spacial score (nSPS) is 30.2. The molecule has 2 saturated heterocycles. The maximum Gasteiger partial charge on any atom is 0.297 e. The van der Waals surface area contributed by atoms with Crippen LogP contribution in [0.1, 0.15) is 25.8 Å². The lowest BCUT2D eigenvalue weighted by Crippen LogP contribution is -2.36. The molecule has 0 spiro atoms. The summed E-state index contributed by atoms with van der Waals surface area (Å²) in [4.78, 5) is 0.0402. The second kappa shape index (κ2) is 6.36. The summed E-state index contributed by atoms with van der Waals surface area (Å²) in [6.45, 7) is 4.94. The van der Waals surface area contributed by atoms with Crippen molar-refractivity contribution in [1.29, 1.82) is 0 Å². The first kappa shape index (κ1) is 17.8. The van der Waals surface area contributed by atoms with Gasteiger partial charge < -0.3 is 19.3 Å². The van der Waals surface area contributed by atoms with Gasteiger partial charge in [0.25, 0.3) is 10.1 Å². The highest BCUT2D eigenvalue weighted by Crippen LogP contribution is 2.38. The van der Waals surface area contributed by atoms with Crippen LogP contribution in [0.3, 0.4) is 0 Å². The fourth-order valence-corrected chi connectivity index (χ4v) is 4.00. The Morgan fingerprint density at radius 2 is 1.96 bits per heavy atom. The molecule has 0 bridgehead atoms. The van der Waals surface area contributed by atoms with Gasteiger partial charge in [-0.1, -0.05) is 17.7 Å². The van der Waals surface area contributed by atoms with E-state index in [1.165, 1.54) is 12.1 Å². The maximum atomic E-state index is 12.4. The van der Waals surface area contributed by atoms with Crippen molar-refractivity contribution >= 4 is 10.1 Å². The second-order valence-electron chi connectivity index (χ2n) is 6.54. The van der Waals surface area contributed by atoms with Gasteiger partial charge in [-0.15, -0.1) is 0 Å². The van der Waals surface area contributed by atoms with Crippen molar-refractivity contribution in [2.24, 2.45) is 0 Å². The molecule has 1 aromatic carbocycles. The van der Waals surface area contributed by atoms with Crippen LogP contribution in [0.5, 0.6) is 0 Å². The number of hydrogen-bond acceptors (Lipinski definition) is 7. The molecule has 2 aliphatic rings. The van der Waals surface area contributed by atoms with Crippen LogP contribution in [-0.4, -0.2) is 50.5 Å². The highest BCUT2D eigenvalue weighted by Gasteiger charge is 2.51. The molecule has 0 amide bonds. The third kappa shape index (κ3) is 3.63. The lowest BCUT2D eigenvalue weighted by molar-refractivity contribution is -0.213. The number of rotatable bonds is 5. The molecule has 4 atom stereocenters. The average Bonchev–Trinajstić information content (AvgIpc) is 2.98. The van der Waals surface area contributed by atoms with E-state index in [0.717, 1.165) is 5.56 Å². The minimum atomic E-state index is -3.99. The molecule has 0 radical (unpaired) electrons. The van der Waals surface area contributed by atoms with Gasteiger partial charge in [0, 0.05) is 6.42 Å². The lowest BCUT2D eigenvalue weighted by Gasteiger charge is -2.24. The van der Waals surface area contributed by atoms with Gasteiger partial charge in [-0.05, 0) is 32.9 Å². The molecular formula is C16H22O7S. The zero-order chi connectivity index (χ0) is 17.5. The SMILES string of the molecule is Cc1ccc(S(=O)(=O)O[C@H](CO)[C@@H]2C[C@H]3OC(C)(C)O[C@H]3O2)cc1. The van der Waals surface area contributed by atoms with Gasteiger partial charge in [-0.25, -0.2) is 0 Å². The summed E-state index contributed by atoms with van der Waals surface area (Å²) < 4.78 is 46.9. The van der Waals surface area contributed by atoms with Crippen LogP contribution in [0.4, 0.5) is 0 Å². The Kier molecular flexibility index (Phi) is 4.71. The van der Waals surface area contributed by atoms with Crippen LogP contribution < -0.4 is 0 Å². The summed E-state index contributed by atoms with van der Waals surface area (Å²) in [6.07, 6.45) is -2.13. The number of fused-ring (bicyclic) bond motifs is 1. The number of aryl methyl sites for hydroxylation is 1. The Balaban J connectivity index is 1.69. The predicted octanol–water partition coefficient (Wildman–Crippen LogP) is 1.33. The zero-order valence-electron chi connectivity index (χ0n) is 13.8. The van der Waals surface area contributed by atoms with Gasteiger partial charge in [-0.3, -0.25) is 4.18 Å². The highest BCUT2D eigenvalue weighted by molar-refractivity contribution is 7.86. The van der Waals surface area contributed by atoms with E-state index in [1.807, 2.05) is 6.92 Å². The number of ether oxygens (including phenoxy) is 3. The molecule has 24 heavy (non-hydrogen) atoms. The fraction of sp³-hybridized carbons (Fsp3) is 0.625. The molecule has 1 aromatic rings. The molecule has 134 valence electrons. The standard InChI is InChI=1S/C16H22O7S/c1-10-4-6-11(7-5-10)24(18,19)23-14(9-17)12-8-13-15(20-12)22-16(2,3)21-13/h4-7,12-15,17H,8-9H2,1-3H3/t12-,13+,14+,15+/m0/s1. The van der Waals surface area contributed by atoms with Crippen molar-refractivity contribution < 1.29 is 31.9 Å². The Morgan fingerprint density at radius 1 is 1.29 bits per heavy atom. The second-order valence-corrected chi connectivity index (χ2v) is 8.11. The largest absolute Gasteiger partial charge is 0.394 e. The number of benzene rings is 1. The molecule has 2 heterocycles. The van der Waals surface area contributed by atoms with Gasteiger partial charge in [0.2, 0.25) is 0 Å². The summed E-state index contributed by atoms with van der Waals surface area (Å²) in [7, 11) is -3.99. The van der Waals surface area contributed by atoms with Crippen LogP contribution in [0, 0.1) is 6.92 Å². The Labute approximate surface area is 141 Å². The van der Waals surface area contributed by atoms with Gasteiger partial charge in [0.15, 0.2) is 12.1 Å². The first-order chi connectivity index (χ1) is 11.2. The molecule has 0 aliphatic carbocycles. The molecule has 3 rings (SSSR count). The summed E-state index contributed by atoms with van der Waals surface area (Å²) in [5.74, 6) is -0.732. The lowest BCUT2D eigenvalue weighted by atomic mass is 10.1. The Hall–Kier alpha value is -1.03. The van der Waals surface area contributed by atoms with Crippen molar-refractivity contribution in [3.63, 3.8) is 0 Å². The van der Waals surface area contributed by atoms with E-state index in [1.54, 1.807) is 26.0 Å². The first-order valence-corrected chi connectivity index (χ1v) is 9.23. The molecule has 0 saturated carbocycles. The van der Waals surface area contributed by atoms with E-state index in [2.05, 4.69) is 0 Å². The third-order valence-electron chi connectivity index (χ3n) is 4.07. The predicted molar refractivity (Wildman–Crippen MR) is 83.6 cm³/mol. The highest BCUT2D eigenvalue weighted by atomic mass is 32.2. The van der Waals surface area contributed by atoms with E-state index in [4.69, 9.17) is 18.4 Å². The average molecular weight is 358 g/mol. The van der Waals surface area contributed by atoms with Crippen LogP contribution in [-0.2, 0) is 28.5 Å². The van der Waals surface area contributed by atoms with Gasteiger partial charge in [-0.2, -0.15) is 8.42 Å². The molecule has 2 fully saturated rings. The monoisotopic (exact) mass is 358 g/mol. The number of hydrogen-bond donors (Lipinski definition) is 1. The van der Waals surface area contributed by atoms with Gasteiger partial charge in [0.1, 0.15) is 12.2 Å². The van der Waals surface area contributed by atoms with Crippen molar-refractivity contribution in [2.75, 3.05) is 6.61 Å². The summed E-state index contributed by atoms with van der Waals surface area (Å²) in [6, 6.07) is 6.31. The van der Waals surface area contributed by atoms with Gasteiger partial charge >= 0.3 is 0 Å². The van der Waals surface area contributed by atoms with Crippen molar-refractivity contribution in [2.45, 2.75) is 62.5 Å². The van der Waals surface area contributed by atoms with E-state index in [0.29, 0.717) is 6.42 Å². The number of aliphatic hydroxyl groups excluding tert-OH is 1. The summed E-state index contributed by atoms with van der Waals surface area (Å²) >= 11 is 0. The van der Waals surface area contributed by atoms with Crippen LogP contribution in [0.2, 0.25) is 0 Å². The molecule has 0 aromatic heterocycles. The maximum absolute atomic E-state index is 12.4. The molecule has 7 nitrogen and oxygen atoms in total. The van der Waals surface area contributed by atoms with Crippen molar-refractivity contribution in [3.05, 3.63) is 29.8 Å². The van der Waals surface area contributed by atoms with Crippen LogP contribution in [0.25, 0.3) is 0 Å². The van der Waals surface area contributed by atoms with E-state index in [-0.39, 0.29) is 11.0 Å². The Bertz CT molecular complexity index is 667. The van der Waals surface area contributed by atoms with Crippen LogP contribution in [0.15, 0.2) is 29.2 Å². The van der Waals surface area contributed by atoms with Crippen molar-refractivity contribution in [1.82, 2.24) is 0 Å². The topological polar surface area (TPSA) is 91.3 Å². The van der Waals surface area contributed by atoms with E-state index < -0.39 is 41.0 Å². The van der Waals surface area contributed by atoms with E-state index in [9.17, 15) is 13.5 Å². The van der Waals surface area contributed by atoms with Crippen LogP contribution >= 0.6 is 0 Å². The van der Waals surface area contributed by atoms with E-state index >= 15 is 0 Å². The zero-order valence-corrected chi connectivity index (χ0v) is 14.7. The minimum Gasteiger partial charge on any atom is -0.394 e. The molecule has 0 unspecified atom stereocenters. The summed E-state index contributed by atoms with van der Waals surface area (Å²) in [5.41, 5.74) is 0.941. The molecule has 8 heteroatoms. The third-order valence-corrected chi connectivity index (χ3v) is 5.42. The Morgan fingerprint density at radius 3 is 2.54 bits per heavy atom. The quantitative estimate of drug-likeness (QED) is 0.794.